The van der Waals surface area contributed by atoms with Gasteiger partial charge < -0.3 is 10.0 Å². The number of hydrogen-bond acceptors (Lipinski definition) is 6. The van der Waals surface area contributed by atoms with Gasteiger partial charge in [-0.1, -0.05) is 48.2 Å². The van der Waals surface area contributed by atoms with E-state index >= 15 is 0 Å². The van der Waals surface area contributed by atoms with Gasteiger partial charge in [-0.25, -0.2) is 0 Å². The van der Waals surface area contributed by atoms with Crippen molar-refractivity contribution in [3.8, 4) is 0 Å². The Morgan fingerprint density at radius 1 is 1.21 bits per heavy atom. The predicted molar refractivity (Wildman–Crippen MR) is 119 cm³/mol. The third-order valence-corrected chi connectivity index (χ3v) is 6.35. The van der Waals surface area contributed by atoms with Crippen LogP contribution in [0.15, 0.2) is 52.7 Å². The predicted octanol–water partition coefficient (Wildman–Crippen LogP) is 3.76. The second-order valence-corrected chi connectivity index (χ2v) is 8.71. The maximum atomic E-state index is 12.6. The van der Waals surface area contributed by atoms with Gasteiger partial charge in [0.2, 0.25) is 5.91 Å². The third-order valence-electron chi connectivity index (χ3n) is 4.16. The van der Waals surface area contributed by atoms with Crippen LogP contribution in [0.4, 0.5) is 5.69 Å². The van der Waals surface area contributed by atoms with Crippen molar-refractivity contribution in [2.45, 2.75) is 12.8 Å². The van der Waals surface area contributed by atoms with Crippen LogP contribution in [0.2, 0.25) is 0 Å². The number of hydrogen-bond donors (Lipinski definition) is 1. The van der Waals surface area contributed by atoms with E-state index in [2.05, 4.69) is 0 Å². The van der Waals surface area contributed by atoms with Crippen LogP contribution in [-0.4, -0.2) is 45.8 Å². The number of carbonyl (C=O) groups excluding carboxylic acids is 2. The normalized spacial score (nSPS) is 15.5. The molecule has 1 aromatic heterocycles. The lowest BCUT2D eigenvalue weighted by Gasteiger charge is -2.22. The van der Waals surface area contributed by atoms with Gasteiger partial charge in [0, 0.05) is 30.1 Å². The van der Waals surface area contributed by atoms with E-state index in [9.17, 15) is 14.7 Å². The smallest absolute Gasteiger partial charge is 0.266 e. The minimum absolute atomic E-state index is 0.0835. The molecule has 5 nitrogen and oxygen atoms in total. The fraction of sp³-hybridized carbons (Fsp3) is 0.250. The van der Waals surface area contributed by atoms with Crippen molar-refractivity contribution in [3.63, 3.8) is 0 Å². The molecule has 2 aromatic rings. The highest BCUT2D eigenvalue weighted by molar-refractivity contribution is 8.26. The molecule has 1 aromatic carbocycles. The molecular formula is C20H20N2O3S3. The van der Waals surface area contributed by atoms with Gasteiger partial charge in [-0.15, -0.1) is 11.3 Å². The van der Waals surface area contributed by atoms with E-state index in [4.69, 9.17) is 12.2 Å². The van der Waals surface area contributed by atoms with E-state index < -0.39 is 0 Å². The Labute approximate surface area is 177 Å². The van der Waals surface area contributed by atoms with Crippen molar-refractivity contribution in [3.05, 3.63) is 57.6 Å². The van der Waals surface area contributed by atoms with Crippen LogP contribution in [0.3, 0.4) is 0 Å². The number of para-hydroxylation sites is 1. The van der Waals surface area contributed by atoms with Gasteiger partial charge in [-0.05, 0) is 36.1 Å². The van der Waals surface area contributed by atoms with Crippen molar-refractivity contribution in [2.24, 2.45) is 0 Å². The van der Waals surface area contributed by atoms with Gasteiger partial charge in [0.1, 0.15) is 4.32 Å². The second-order valence-electron chi connectivity index (χ2n) is 6.06. The van der Waals surface area contributed by atoms with E-state index in [1.54, 1.807) is 21.1 Å². The monoisotopic (exact) mass is 432 g/mol. The molecule has 2 amide bonds. The first-order chi connectivity index (χ1) is 13.6. The number of carbonyl (C=O) groups is 2. The topological polar surface area (TPSA) is 60.9 Å². The molecule has 1 N–H and O–H groups in total. The van der Waals surface area contributed by atoms with Gasteiger partial charge >= 0.3 is 0 Å². The summed E-state index contributed by atoms with van der Waals surface area (Å²) in [6.45, 7) is 0.538. The van der Waals surface area contributed by atoms with Crippen molar-refractivity contribution in [1.29, 1.82) is 0 Å². The molecule has 8 heteroatoms. The average molecular weight is 433 g/mol. The molecule has 1 aliphatic rings. The average Bonchev–Trinajstić information content (AvgIpc) is 3.30. The minimum Gasteiger partial charge on any atom is -0.395 e. The first-order valence-electron chi connectivity index (χ1n) is 8.85. The maximum absolute atomic E-state index is 12.6. The Balaban J connectivity index is 1.57. The lowest BCUT2D eigenvalue weighted by molar-refractivity contribution is -0.123. The van der Waals surface area contributed by atoms with Crippen LogP contribution in [0.1, 0.15) is 17.7 Å². The summed E-state index contributed by atoms with van der Waals surface area (Å²) in [5.41, 5.74) is 0.756. The zero-order chi connectivity index (χ0) is 19.9. The summed E-state index contributed by atoms with van der Waals surface area (Å²) in [4.78, 5) is 30.0. The summed E-state index contributed by atoms with van der Waals surface area (Å²) in [6, 6.07) is 13.2. The number of aliphatic hydroxyl groups excluding tert-OH is 1. The first kappa shape index (κ1) is 20.7. The molecule has 1 saturated heterocycles. The number of nitrogens with zero attached hydrogens (tertiary/aromatic N) is 2. The van der Waals surface area contributed by atoms with E-state index in [0.29, 0.717) is 22.2 Å². The Morgan fingerprint density at radius 3 is 2.68 bits per heavy atom. The number of aliphatic hydroxyl groups is 1. The molecule has 0 saturated carbocycles. The van der Waals surface area contributed by atoms with Crippen LogP contribution in [0.5, 0.6) is 0 Å². The zero-order valence-corrected chi connectivity index (χ0v) is 17.6. The zero-order valence-electron chi connectivity index (χ0n) is 15.1. The molecule has 146 valence electrons. The summed E-state index contributed by atoms with van der Waals surface area (Å²) in [5.74, 6) is -0.189. The van der Waals surface area contributed by atoms with Gasteiger partial charge in [0.05, 0.1) is 11.5 Å². The van der Waals surface area contributed by atoms with Crippen LogP contribution < -0.4 is 4.90 Å². The molecule has 1 fully saturated rings. The number of benzene rings is 1. The Bertz CT molecular complexity index is 866. The molecule has 0 unspecified atom stereocenters. The molecule has 0 atom stereocenters. The molecule has 1 aliphatic heterocycles. The lowest BCUT2D eigenvalue weighted by atomic mass is 10.2. The molecule has 0 bridgehead atoms. The Hall–Kier alpha value is -2.00. The second kappa shape index (κ2) is 9.97. The van der Waals surface area contributed by atoms with Crippen LogP contribution in [0, 0.1) is 0 Å². The van der Waals surface area contributed by atoms with E-state index in [-0.39, 0.29) is 31.4 Å². The number of amides is 2. The van der Waals surface area contributed by atoms with Gasteiger partial charge in [-0.3, -0.25) is 14.5 Å². The highest BCUT2D eigenvalue weighted by atomic mass is 32.2. The SMILES string of the molecule is O=C1/C(=C\c2cccs2)SC(=S)N1CCCC(=O)N(CCO)c1ccccc1. The summed E-state index contributed by atoms with van der Waals surface area (Å²) < 4.78 is 0.524. The summed E-state index contributed by atoms with van der Waals surface area (Å²) >= 11 is 8.21. The van der Waals surface area contributed by atoms with Crippen LogP contribution >= 0.6 is 35.3 Å². The number of thiocarbonyl (C=S) groups is 1. The van der Waals surface area contributed by atoms with Crippen molar-refractivity contribution in [1.82, 2.24) is 4.90 Å². The Morgan fingerprint density at radius 2 is 2.00 bits per heavy atom. The number of anilines is 1. The lowest BCUT2D eigenvalue weighted by Crippen LogP contribution is -2.35. The van der Waals surface area contributed by atoms with E-state index in [1.807, 2.05) is 53.9 Å². The molecule has 0 radical (unpaired) electrons. The minimum atomic E-state index is -0.108. The highest BCUT2D eigenvalue weighted by Gasteiger charge is 2.31. The fourth-order valence-electron chi connectivity index (χ4n) is 2.82. The standard InChI is InChI=1S/C20H20N2O3S3/c23-12-11-21(15-6-2-1-3-7-15)18(24)9-4-10-22-19(25)17(28-20(22)26)14-16-8-5-13-27-16/h1-3,5-8,13-14,23H,4,9-12H2/b17-14+. The van der Waals surface area contributed by atoms with Crippen molar-refractivity contribution >= 4 is 63.2 Å². The van der Waals surface area contributed by atoms with E-state index in [1.165, 1.54) is 11.8 Å². The highest BCUT2D eigenvalue weighted by Crippen LogP contribution is 2.33. The van der Waals surface area contributed by atoms with Gasteiger partial charge in [0.25, 0.3) is 5.91 Å². The summed E-state index contributed by atoms with van der Waals surface area (Å²) in [5, 5.41) is 11.2. The van der Waals surface area contributed by atoms with Crippen LogP contribution in [-0.2, 0) is 9.59 Å². The molecule has 2 heterocycles. The van der Waals surface area contributed by atoms with Gasteiger partial charge in [0.15, 0.2) is 0 Å². The number of rotatable bonds is 8. The summed E-state index contributed by atoms with van der Waals surface area (Å²) in [6.07, 6.45) is 2.63. The molecule has 28 heavy (non-hydrogen) atoms. The number of thioether (sulfide) groups is 1. The largest absolute Gasteiger partial charge is 0.395 e. The van der Waals surface area contributed by atoms with Crippen molar-refractivity contribution < 1.29 is 14.7 Å². The molecule has 3 rings (SSSR count). The molecule has 0 aliphatic carbocycles. The van der Waals surface area contributed by atoms with Crippen molar-refractivity contribution in [2.75, 3.05) is 24.6 Å². The number of thiophene rings is 1. The maximum Gasteiger partial charge on any atom is 0.266 e. The van der Waals surface area contributed by atoms with Crippen LogP contribution in [0.25, 0.3) is 6.08 Å². The molecular weight excluding hydrogens is 412 g/mol. The van der Waals surface area contributed by atoms with Gasteiger partial charge in [-0.2, -0.15) is 0 Å². The first-order valence-corrected chi connectivity index (χ1v) is 11.0. The van der Waals surface area contributed by atoms with E-state index in [0.717, 1.165) is 10.6 Å². The Kier molecular flexibility index (Phi) is 7.38. The third kappa shape index (κ3) is 5.08. The fourth-order valence-corrected chi connectivity index (χ4v) is 4.86. The quantitative estimate of drug-likeness (QED) is 0.508. The summed E-state index contributed by atoms with van der Waals surface area (Å²) in [7, 11) is 0. The molecule has 0 spiro atoms.